The molecule has 1 aliphatic rings. The second kappa shape index (κ2) is 7.55. The SMILES string of the molecule is CCOC(=O)/C(C)=N/Nc1nc2sc3c(c2c(=O)n1-c1ccccc1)CCC3. The summed E-state index contributed by atoms with van der Waals surface area (Å²) in [6.45, 7) is 3.55. The molecular weight excluding hydrogens is 376 g/mol. The maximum atomic E-state index is 13.4. The minimum Gasteiger partial charge on any atom is -0.461 e. The highest BCUT2D eigenvalue weighted by atomic mass is 32.1. The van der Waals surface area contributed by atoms with Gasteiger partial charge in [0.1, 0.15) is 10.5 Å². The van der Waals surface area contributed by atoms with Crippen molar-refractivity contribution in [2.24, 2.45) is 5.10 Å². The number of thiophene rings is 1. The Bertz CT molecular complexity index is 1130. The van der Waals surface area contributed by atoms with E-state index in [0.717, 1.165) is 24.8 Å². The monoisotopic (exact) mass is 396 g/mol. The number of benzene rings is 1. The van der Waals surface area contributed by atoms with Crippen LogP contribution in [0.15, 0.2) is 40.2 Å². The molecule has 0 fully saturated rings. The highest BCUT2D eigenvalue weighted by molar-refractivity contribution is 7.18. The minimum atomic E-state index is -0.514. The Morgan fingerprint density at radius 3 is 2.86 bits per heavy atom. The zero-order chi connectivity index (χ0) is 19.7. The molecule has 0 aliphatic heterocycles. The van der Waals surface area contributed by atoms with E-state index in [1.807, 2.05) is 30.3 Å². The lowest BCUT2D eigenvalue weighted by molar-refractivity contribution is -0.135. The van der Waals surface area contributed by atoms with E-state index in [0.29, 0.717) is 15.9 Å². The number of anilines is 1. The quantitative estimate of drug-likeness (QED) is 0.406. The first-order chi connectivity index (χ1) is 13.6. The molecule has 0 saturated carbocycles. The van der Waals surface area contributed by atoms with Crippen molar-refractivity contribution in [3.8, 4) is 5.69 Å². The van der Waals surface area contributed by atoms with Gasteiger partial charge >= 0.3 is 5.97 Å². The summed E-state index contributed by atoms with van der Waals surface area (Å²) in [6, 6.07) is 9.30. The molecule has 0 spiro atoms. The van der Waals surface area contributed by atoms with Crippen LogP contribution in [0.4, 0.5) is 5.95 Å². The second-order valence-electron chi connectivity index (χ2n) is 6.48. The highest BCUT2D eigenvalue weighted by Crippen LogP contribution is 2.35. The summed E-state index contributed by atoms with van der Waals surface area (Å²) in [6.07, 6.45) is 2.98. The van der Waals surface area contributed by atoms with Crippen molar-refractivity contribution in [2.75, 3.05) is 12.0 Å². The number of nitrogens with zero attached hydrogens (tertiary/aromatic N) is 3. The van der Waals surface area contributed by atoms with Crippen LogP contribution in [-0.4, -0.2) is 27.8 Å². The van der Waals surface area contributed by atoms with Gasteiger partial charge in [0, 0.05) is 4.88 Å². The summed E-state index contributed by atoms with van der Waals surface area (Å²) in [7, 11) is 0. The van der Waals surface area contributed by atoms with Crippen LogP contribution in [0.25, 0.3) is 15.9 Å². The van der Waals surface area contributed by atoms with Gasteiger partial charge < -0.3 is 4.74 Å². The summed E-state index contributed by atoms with van der Waals surface area (Å²) >= 11 is 1.56. The number of fused-ring (bicyclic) bond motifs is 3. The van der Waals surface area contributed by atoms with Gasteiger partial charge in [-0.2, -0.15) is 5.10 Å². The largest absolute Gasteiger partial charge is 0.461 e. The predicted molar refractivity (Wildman–Crippen MR) is 111 cm³/mol. The fourth-order valence-electron chi connectivity index (χ4n) is 3.35. The second-order valence-corrected chi connectivity index (χ2v) is 7.56. The Kier molecular flexibility index (Phi) is 4.95. The minimum absolute atomic E-state index is 0.123. The molecule has 0 radical (unpaired) electrons. The maximum absolute atomic E-state index is 13.4. The number of hydrogen-bond acceptors (Lipinski definition) is 7. The third-order valence-electron chi connectivity index (χ3n) is 4.65. The standard InChI is InChI=1S/C20H20N4O3S/c1-3-27-19(26)12(2)22-23-20-21-17-16(14-10-7-11-15(14)28-17)18(25)24(20)13-8-5-4-6-9-13/h4-6,8-9H,3,7,10-11H2,1-2H3,(H,21,23)/b22-12+. The summed E-state index contributed by atoms with van der Waals surface area (Å²) in [4.78, 5) is 31.8. The molecule has 2 aromatic heterocycles. The van der Waals surface area contributed by atoms with Crippen molar-refractivity contribution in [3.63, 3.8) is 0 Å². The van der Waals surface area contributed by atoms with Gasteiger partial charge in [-0.15, -0.1) is 11.3 Å². The van der Waals surface area contributed by atoms with Crippen molar-refractivity contribution in [3.05, 3.63) is 51.1 Å². The molecule has 8 heteroatoms. The van der Waals surface area contributed by atoms with E-state index in [2.05, 4.69) is 15.5 Å². The molecule has 4 rings (SSSR count). The Morgan fingerprint density at radius 1 is 1.32 bits per heavy atom. The van der Waals surface area contributed by atoms with Gasteiger partial charge in [0.15, 0.2) is 0 Å². The number of carbonyl (C=O) groups is 1. The number of para-hydroxylation sites is 1. The van der Waals surface area contributed by atoms with Gasteiger partial charge in [0.25, 0.3) is 5.56 Å². The summed E-state index contributed by atoms with van der Waals surface area (Å²) in [5, 5.41) is 4.78. The molecule has 0 amide bonds. The maximum Gasteiger partial charge on any atom is 0.354 e. The van der Waals surface area contributed by atoms with Crippen LogP contribution in [0.1, 0.15) is 30.7 Å². The van der Waals surface area contributed by atoms with Crippen molar-refractivity contribution in [1.29, 1.82) is 0 Å². The van der Waals surface area contributed by atoms with Crippen molar-refractivity contribution < 1.29 is 9.53 Å². The Labute approximate surface area is 165 Å². The third kappa shape index (κ3) is 3.20. The highest BCUT2D eigenvalue weighted by Gasteiger charge is 2.23. The van der Waals surface area contributed by atoms with Gasteiger partial charge in [-0.05, 0) is 50.8 Å². The van der Waals surface area contributed by atoms with Crippen LogP contribution in [0.3, 0.4) is 0 Å². The first-order valence-corrected chi connectivity index (χ1v) is 10.0. The number of carbonyl (C=O) groups excluding carboxylic acids is 1. The lowest BCUT2D eigenvalue weighted by Gasteiger charge is -2.12. The molecule has 0 atom stereocenters. The average molecular weight is 396 g/mol. The lowest BCUT2D eigenvalue weighted by Crippen LogP contribution is -2.23. The predicted octanol–water partition coefficient (Wildman–Crippen LogP) is 3.29. The molecule has 7 nitrogen and oxygen atoms in total. The average Bonchev–Trinajstić information content (AvgIpc) is 3.27. The Balaban J connectivity index is 1.86. The molecule has 0 bridgehead atoms. The number of ether oxygens (including phenoxy) is 1. The van der Waals surface area contributed by atoms with E-state index in [1.54, 1.807) is 25.2 Å². The van der Waals surface area contributed by atoms with Crippen LogP contribution >= 0.6 is 11.3 Å². The van der Waals surface area contributed by atoms with Crippen LogP contribution in [0, 0.1) is 0 Å². The fraction of sp³-hybridized carbons (Fsp3) is 0.300. The van der Waals surface area contributed by atoms with Gasteiger partial charge in [0.2, 0.25) is 5.95 Å². The molecular formula is C20H20N4O3S. The van der Waals surface area contributed by atoms with Crippen LogP contribution < -0.4 is 11.0 Å². The van der Waals surface area contributed by atoms with Crippen LogP contribution in [0.2, 0.25) is 0 Å². The van der Waals surface area contributed by atoms with Gasteiger partial charge in [0.05, 0.1) is 17.7 Å². The van der Waals surface area contributed by atoms with Gasteiger partial charge in [-0.1, -0.05) is 18.2 Å². The summed E-state index contributed by atoms with van der Waals surface area (Å²) < 4.78 is 6.46. The molecule has 1 aromatic carbocycles. The molecule has 2 heterocycles. The number of aromatic nitrogens is 2. The first kappa shape index (κ1) is 18.4. The topological polar surface area (TPSA) is 85.6 Å². The van der Waals surface area contributed by atoms with E-state index in [9.17, 15) is 9.59 Å². The molecule has 28 heavy (non-hydrogen) atoms. The zero-order valence-corrected chi connectivity index (χ0v) is 16.5. The van der Waals surface area contributed by atoms with Crippen molar-refractivity contribution >= 4 is 39.2 Å². The molecule has 1 aliphatic carbocycles. The molecule has 0 saturated heterocycles. The molecule has 1 N–H and O–H groups in total. The zero-order valence-electron chi connectivity index (χ0n) is 15.7. The molecule has 0 unspecified atom stereocenters. The number of aryl methyl sites for hydroxylation is 2. The molecule has 3 aromatic rings. The van der Waals surface area contributed by atoms with Crippen molar-refractivity contribution in [1.82, 2.24) is 9.55 Å². The van der Waals surface area contributed by atoms with E-state index in [-0.39, 0.29) is 23.8 Å². The number of rotatable bonds is 5. The van der Waals surface area contributed by atoms with Crippen LogP contribution in [0.5, 0.6) is 0 Å². The van der Waals surface area contributed by atoms with Crippen LogP contribution in [-0.2, 0) is 22.4 Å². The summed E-state index contributed by atoms with van der Waals surface area (Å²) in [5.41, 5.74) is 4.64. The third-order valence-corrected chi connectivity index (χ3v) is 5.83. The number of nitrogens with one attached hydrogen (secondary N) is 1. The summed E-state index contributed by atoms with van der Waals surface area (Å²) in [5.74, 6) is -0.243. The van der Waals surface area contributed by atoms with E-state index in [4.69, 9.17) is 4.74 Å². The van der Waals surface area contributed by atoms with E-state index in [1.165, 1.54) is 9.44 Å². The van der Waals surface area contributed by atoms with E-state index < -0.39 is 5.97 Å². The molecule has 144 valence electrons. The Hall–Kier alpha value is -3.00. The number of hydrazone groups is 1. The normalized spacial score (nSPS) is 13.6. The van der Waals surface area contributed by atoms with Gasteiger partial charge in [-0.3, -0.25) is 4.79 Å². The van der Waals surface area contributed by atoms with Gasteiger partial charge in [-0.25, -0.2) is 19.8 Å². The number of esters is 1. The first-order valence-electron chi connectivity index (χ1n) is 9.20. The van der Waals surface area contributed by atoms with Crippen molar-refractivity contribution in [2.45, 2.75) is 33.1 Å². The number of hydrogen-bond donors (Lipinski definition) is 1. The fourth-order valence-corrected chi connectivity index (χ4v) is 4.60. The lowest BCUT2D eigenvalue weighted by atomic mass is 10.2. The smallest absolute Gasteiger partial charge is 0.354 e. The Morgan fingerprint density at radius 2 is 2.11 bits per heavy atom. The van der Waals surface area contributed by atoms with E-state index >= 15 is 0 Å².